The molecule has 100 valence electrons. The third-order valence-corrected chi connectivity index (χ3v) is 3.35. The van der Waals surface area contributed by atoms with Crippen LogP contribution in [0.1, 0.15) is 39.0 Å². The summed E-state index contributed by atoms with van der Waals surface area (Å²) in [5.74, 6) is -0.0942. The van der Waals surface area contributed by atoms with Crippen molar-refractivity contribution in [2.24, 2.45) is 0 Å². The number of ether oxygens (including phenoxy) is 1. The maximum absolute atomic E-state index is 11.1. The van der Waals surface area contributed by atoms with Gasteiger partial charge in [0, 0.05) is 19.0 Å². The van der Waals surface area contributed by atoms with E-state index < -0.39 is 0 Å². The highest BCUT2D eigenvalue weighted by molar-refractivity contribution is 5.69. The molecule has 1 rings (SSSR count). The lowest BCUT2D eigenvalue weighted by Crippen LogP contribution is -2.46. The average Bonchev–Trinajstić information content (AvgIpc) is 2.38. The van der Waals surface area contributed by atoms with Crippen molar-refractivity contribution in [3.05, 3.63) is 0 Å². The number of hydrogen-bond acceptors (Lipinski definition) is 4. The molecule has 0 aromatic heterocycles. The maximum atomic E-state index is 11.1. The molecule has 4 nitrogen and oxygen atoms in total. The van der Waals surface area contributed by atoms with Crippen LogP contribution in [-0.2, 0) is 9.53 Å². The van der Waals surface area contributed by atoms with Crippen molar-refractivity contribution in [3.63, 3.8) is 0 Å². The van der Waals surface area contributed by atoms with Gasteiger partial charge in [-0.15, -0.1) is 0 Å². The summed E-state index contributed by atoms with van der Waals surface area (Å²) in [6.07, 6.45) is 5.17. The molecule has 1 aliphatic rings. The highest BCUT2D eigenvalue weighted by atomic mass is 16.5. The van der Waals surface area contributed by atoms with Gasteiger partial charge in [0.1, 0.15) is 0 Å². The fourth-order valence-electron chi connectivity index (χ4n) is 2.44. The summed E-state index contributed by atoms with van der Waals surface area (Å²) in [7, 11) is 1.46. The molecule has 1 unspecified atom stereocenters. The SMILES string of the molecule is CCCN(CCCC(=O)OC)C1CCCNC1. The van der Waals surface area contributed by atoms with Crippen molar-refractivity contribution in [2.45, 2.75) is 45.1 Å². The Balaban J connectivity index is 2.28. The van der Waals surface area contributed by atoms with Gasteiger partial charge >= 0.3 is 5.97 Å². The van der Waals surface area contributed by atoms with Crippen LogP contribution in [0.4, 0.5) is 0 Å². The number of esters is 1. The summed E-state index contributed by atoms with van der Waals surface area (Å²) in [4.78, 5) is 13.6. The van der Waals surface area contributed by atoms with Crippen molar-refractivity contribution in [2.75, 3.05) is 33.3 Å². The third-order valence-electron chi connectivity index (χ3n) is 3.35. The molecule has 0 aliphatic carbocycles. The molecule has 0 saturated carbocycles. The number of carbonyl (C=O) groups is 1. The monoisotopic (exact) mass is 242 g/mol. The van der Waals surface area contributed by atoms with Crippen LogP contribution < -0.4 is 5.32 Å². The minimum atomic E-state index is -0.0942. The summed E-state index contributed by atoms with van der Waals surface area (Å²) < 4.78 is 4.67. The van der Waals surface area contributed by atoms with Gasteiger partial charge < -0.3 is 10.1 Å². The molecule has 17 heavy (non-hydrogen) atoms. The molecular weight excluding hydrogens is 216 g/mol. The van der Waals surface area contributed by atoms with Gasteiger partial charge in [-0.2, -0.15) is 0 Å². The summed E-state index contributed by atoms with van der Waals surface area (Å²) >= 11 is 0. The molecule has 1 aliphatic heterocycles. The third kappa shape index (κ3) is 5.50. The molecule has 4 heteroatoms. The normalized spacial score (nSPS) is 20.5. The molecule has 1 heterocycles. The Morgan fingerprint density at radius 1 is 1.47 bits per heavy atom. The molecule has 0 spiro atoms. The molecule has 0 amide bonds. The predicted octanol–water partition coefficient (Wildman–Crippen LogP) is 1.40. The Morgan fingerprint density at radius 2 is 2.29 bits per heavy atom. The molecule has 1 atom stereocenters. The summed E-state index contributed by atoms with van der Waals surface area (Å²) in [6, 6.07) is 0.654. The zero-order valence-corrected chi connectivity index (χ0v) is 11.2. The topological polar surface area (TPSA) is 41.6 Å². The largest absolute Gasteiger partial charge is 0.469 e. The Labute approximate surface area is 105 Å². The van der Waals surface area contributed by atoms with E-state index in [4.69, 9.17) is 0 Å². The van der Waals surface area contributed by atoms with Gasteiger partial charge in [-0.05, 0) is 45.3 Å². The number of piperidine rings is 1. The van der Waals surface area contributed by atoms with Crippen LogP contribution in [-0.4, -0.2) is 50.2 Å². The molecule has 1 fully saturated rings. The summed E-state index contributed by atoms with van der Waals surface area (Å²) in [5.41, 5.74) is 0. The summed E-state index contributed by atoms with van der Waals surface area (Å²) in [6.45, 7) is 6.60. The van der Waals surface area contributed by atoms with E-state index in [1.54, 1.807) is 0 Å². The zero-order valence-electron chi connectivity index (χ0n) is 11.2. The number of hydrogen-bond donors (Lipinski definition) is 1. The van der Waals surface area contributed by atoms with E-state index in [1.807, 2.05) is 0 Å². The van der Waals surface area contributed by atoms with Crippen LogP contribution >= 0.6 is 0 Å². The second-order valence-corrected chi connectivity index (χ2v) is 4.72. The van der Waals surface area contributed by atoms with Crippen molar-refractivity contribution in [3.8, 4) is 0 Å². The Bertz CT molecular complexity index is 215. The highest BCUT2D eigenvalue weighted by Gasteiger charge is 2.19. The molecule has 1 N–H and O–H groups in total. The number of rotatable bonds is 7. The quantitative estimate of drug-likeness (QED) is 0.685. The predicted molar refractivity (Wildman–Crippen MR) is 69.0 cm³/mol. The zero-order chi connectivity index (χ0) is 12.5. The van der Waals surface area contributed by atoms with Gasteiger partial charge in [-0.1, -0.05) is 6.92 Å². The van der Waals surface area contributed by atoms with Crippen LogP contribution in [0.2, 0.25) is 0 Å². The minimum absolute atomic E-state index is 0.0942. The number of nitrogens with one attached hydrogen (secondary N) is 1. The van der Waals surface area contributed by atoms with E-state index in [9.17, 15) is 4.79 Å². The van der Waals surface area contributed by atoms with E-state index in [-0.39, 0.29) is 5.97 Å². The Kier molecular flexibility index (Phi) is 7.21. The lowest BCUT2D eigenvalue weighted by Gasteiger charge is -2.34. The van der Waals surface area contributed by atoms with Gasteiger partial charge in [0.2, 0.25) is 0 Å². The Hall–Kier alpha value is -0.610. The molecule has 0 aromatic carbocycles. The lowest BCUT2D eigenvalue weighted by molar-refractivity contribution is -0.140. The number of methoxy groups -OCH3 is 1. The van der Waals surface area contributed by atoms with Gasteiger partial charge in [-0.25, -0.2) is 0 Å². The van der Waals surface area contributed by atoms with Crippen LogP contribution in [0.5, 0.6) is 0 Å². The van der Waals surface area contributed by atoms with Gasteiger partial charge in [0.25, 0.3) is 0 Å². The molecular formula is C13H26N2O2. The molecule has 1 saturated heterocycles. The number of carbonyl (C=O) groups excluding carboxylic acids is 1. The van der Waals surface area contributed by atoms with E-state index in [2.05, 4.69) is 21.9 Å². The van der Waals surface area contributed by atoms with E-state index in [0.717, 1.165) is 32.6 Å². The van der Waals surface area contributed by atoms with Crippen molar-refractivity contribution in [1.82, 2.24) is 10.2 Å². The fourth-order valence-corrected chi connectivity index (χ4v) is 2.44. The smallest absolute Gasteiger partial charge is 0.305 e. The van der Waals surface area contributed by atoms with Gasteiger partial charge in [0.15, 0.2) is 0 Å². The molecule has 0 radical (unpaired) electrons. The van der Waals surface area contributed by atoms with Gasteiger partial charge in [0.05, 0.1) is 7.11 Å². The summed E-state index contributed by atoms with van der Waals surface area (Å²) in [5, 5.41) is 3.45. The van der Waals surface area contributed by atoms with Crippen molar-refractivity contribution < 1.29 is 9.53 Å². The van der Waals surface area contributed by atoms with Crippen LogP contribution in [0.3, 0.4) is 0 Å². The Morgan fingerprint density at radius 3 is 2.88 bits per heavy atom. The highest BCUT2D eigenvalue weighted by Crippen LogP contribution is 2.12. The first-order valence-corrected chi connectivity index (χ1v) is 6.79. The van der Waals surface area contributed by atoms with Crippen LogP contribution in [0.25, 0.3) is 0 Å². The molecule has 0 bridgehead atoms. The lowest BCUT2D eigenvalue weighted by atomic mass is 10.1. The standard InChI is InChI=1S/C13H26N2O2/c1-3-9-15(10-5-7-13(16)17-2)12-6-4-8-14-11-12/h12,14H,3-11H2,1-2H3. The molecule has 0 aromatic rings. The average molecular weight is 242 g/mol. The first kappa shape index (κ1) is 14.5. The van der Waals surface area contributed by atoms with Crippen LogP contribution in [0.15, 0.2) is 0 Å². The van der Waals surface area contributed by atoms with E-state index >= 15 is 0 Å². The second-order valence-electron chi connectivity index (χ2n) is 4.72. The van der Waals surface area contributed by atoms with Gasteiger partial charge in [-0.3, -0.25) is 9.69 Å². The van der Waals surface area contributed by atoms with E-state index in [0.29, 0.717) is 12.5 Å². The van der Waals surface area contributed by atoms with Crippen LogP contribution in [0, 0.1) is 0 Å². The fraction of sp³-hybridized carbons (Fsp3) is 0.923. The minimum Gasteiger partial charge on any atom is -0.469 e. The second kappa shape index (κ2) is 8.48. The first-order valence-electron chi connectivity index (χ1n) is 6.79. The number of nitrogens with zero attached hydrogens (tertiary/aromatic N) is 1. The first-order chi connectivity index (χ1) is 8.27. The maximum Gasteiger partial charge on any atom is 0.305 e. The van der Waals surface area contributed by atoms with E-state index in [1.165, 1.54) is 26.4 Å². The van der Waals surface area contributed by atoms with Crippen molar-refractivity contribution >= 4 is 5.97 Å². The van der Waals surface area contributed by atoms with Crippen molar-refractivity contribution in [1.29, 1.82) is 0 Å².